The maximum absolute atomic E-state index is 12.6. The fraction of sp³-hybridized carbons (Fsp3) is 0.217. The van der Waals surface area contributed by atoms with Crippen molar-refractivity contribution in [2.75, 3.05) is 12.9 Å². The number of nitrogens with one attached hydrogen (secondary N) is 1. The van der Waals surface area contributed by atoms with E-state index in [9.17, 15) is 13.2 Å². The summed E-state index contributed by atoms with van der Waals surface area (Å²) in [5.41, 5.74) is 2.74. The van der Waals surface area contributed by atoms with Gasteiger partial charge < -0.3 is 9.47 Å². The van der Waals surface area contributed by atoms with E-state index in [1.807, 2.05) is 31.2 Å². The van der Waals surface area contributed by atoms with Crippen LogP contribution in [-0.4, -0.2) is 47.6 Å². The molecule has 0 unspecified atom stereocenters. The first kappa shape index (κ1) is 23.7. The Labute approximate surface area is 201 Å². The highest BCUT2D eigenvalue weighted by Gasteiger charge is 2.39. The number of amidine groups is 2. The number of aliphatic imine (C=N–C) groups is 1. The molecule has 0 saturated heterocycles. The zero-order valence-electron chi connectivity index (χ0n) is 18.7. The van der Waals surface area contributed by atoms with Gasteiger partial charge in [-0.3, -0.25) is 10.2 Å². The molecule has 2 heterocycles. The Morgan fingerprint density at radius 1 is 1.18 bits per heavy atom. The Hall–Kier alpha value is -3.44. The van der Waals surface area contributed by atoms with E-state index in [4.69, 9.17) is 14.9 Å². The van der Waals surface area contributed by atoms with Crippen LogP contribution in [0.25, 0.3) is 6.08 Å². The summed E-state index contributed by atoms with van der Waals surface area (Å²) in [5.74, 6) is -0.0314. The number of carbonyl (C=O) groups is 1. The zero-order valence-corrected chi connectivity index (χ0v) is 20.4. The molecule has 2 aliphatic rings. The van der Waals surface area contributed by atoms with Crippen molar-refractivity contribution in [2.24, 2.45) is 10.1 Å². The van der Waals surface area contributed by atoms with Crippen molar-refractivity contribution in [3.05, 3.63) is 64.7 Å². The van der Waals surface area contributed by atoms with Crippen LogP contribution in [0.3, 0.4) is 0 Å². The van der Waals surface area contributed by atoms with E-state index in [-0.39, 0.29) is 26.7 Å². The SMILES string of the molecule is CCS(=O)(=O)C1=NN2C(=N)/C(=C/c3ccc(OCc4cccc(C)c4)c(OC)c3)C(=O)N=C2S1. The Balaban J connectivity index is 1.58. The molecule has 9 nitrogen and oxygen atoms in total. The molecular weight excluding hydrogens is 476 g/mol. The van der Waals surface area contributed by atoms with E-state index in [0.717, 1.165) is 27.9 Å². The first-order chi connectivity index (χ1) is 16.2. The lowest BCUT2D eigenvalue weighted by atomic mass is 10.1. The number of amides is 1. The number of fused-ring (bicyclic) bond motifs is 1. The molecule has 1 amide bonds. The number of thioether (sulfide) groups is 1. The van der Waals surface area contributed by atoms with E-state index < -0.39 is 15.7 Å². The molecule has 0 fully saturated rings. The molecule has 176 valence electrons. The second-order valence-electron chi connectivity index (χ2n) is 7.48. The van der Waals surface area contributed by atoms with Crippen LogP contribution in [0.5, 0.6) is 11.5 Å². The van der Waals surface area contributed by atoms with Crippen LogP contribution in [0, 0.1) is 12.3 Å². The van der Waals surface area contributed by atoms with E-state index in [0.29, 0.717) is 23.7 Å². The van der Waals surface area contributed by atoms with Gasteiger partial charge in [-0.1, -0.05) is 42.8 Å². The van der Waals surface area contributed by atoms with Crippen molar-refractivity contribution in [3.63, 3.8) is 0 Å². The molecule has 0 aliphatic carbocycles. The Morgan fingerprint density at radius 3 is 2.68 bits per heavy atom. The van der Waals surface area contributed by atoms with Crippen molar-refractivity contribution in [2.45, 2.75) is 20.5 Å². The molecule has 0 aromatic heterocycles. The van der Waals surface area contributed by atoms with E-state index in [2.05, 4.69) is 10.1 Å². The number of ether oxygens (including phenoxy) is 2. The van der Waals surface area contributed by atoms with Crippen LogP contribution in [0.15, 0.2) is 58.1 Å². The summed E-state index contributed by atoms with van der Waals surface area (Å²) in [6, 6.07) is 13.1. The minimum Gasteiger partial charge on any atom is -0.493 e. The number of hydrazone groups is 1. The van der Waals surface area contributed by atoms with Gasteiger partial charge in [0.1, 0.15) is 6.61 Å². The quantitative estimate of drug-likeness (QED) is 0.604. The van der Waals surface area contributed by atoms with E-state index >= 15 is 0 Å². The molecule has 34 heavy (non-hydrogen) atoms. The molecule has 4 rings (SSSR count). The topological polar surface area (TPSA) is 121 Å². The largest absolute Gasteiger partial charge is 0.493 e. The summed E-state index contributed by atoms with van der Waals surface area (Å²) >= 11 is 0.767. The molecule has 11 heteroatoms. The maximum atomic E-state index is 12.6. The summed E-state index contributed by atoms with van der Waals surface area (Å²) < 4.78 is 35.5. The molecule has 1 N–H and O–H groups in total. The minimum absolute atomic E-state index is 0.0151. The summed E-state index contributed by atoms with van der Waals surface area (Å²) in [6.45, 7) is 3.88. The van der Waals surface area contributed by atoms with Gasteiger partial charge in [0.25, 0.3) is 5.91 Å². The van der Waals surface area contributed by atoms with Gasteiger partial charge in [-0.25, -0.2) is 8.42 Å². The number of sulfone groups is 1. The predicted molar refractivity (Wildman–Crippen MR) is 133 cm³/mol. The maximum Gasteiger partial charge on any atom is 0.283 e. The summed E-state index contributed by atoms with van der Waals surface area (Å²) in [4.78, 5) is 16.5. The summed E-state index contributed by atoms with van der Waals surface area (Å²) in [7, 11) is -2.07. The molecule has 0 spiro atoms. The van der Waals surface area contributed by atoms with Crippen LogP contribution >= 0.6 is 11.8 Å². The fourth-order valence-electron chi connectivity index (χ4n) is 3.25. The Kier molecular flexibility index (Phi) is 6.58. The van der Waals surface area contributed by atoms with Crippen LogP contribution < -0.4 is 9.47 Å². The Morgan fingerprint density at radius 2 is 1.97 bits per heavy atom. The van der Waals surface area contributed by atoms with Crippen molar-refractivity contribution in [3.8, 4) is 11.5 Å². The Bertz CT molecular complexity index is 1380. The van der Waals surface area contributed by atoms with Crippen LogP contribution in [0.1, 0.15) is 23.6 Å². The molecule has 0 bridgehead atoms. The van der Waals surface area contributed by atoms with Gasteiger partial charge >= 0.3 is 0 Å². The molecule has 0 saturated carbocycles. The zero-order chi connectivity index (χ0) is 24.5. The highest BCUT2D eigenvalue weighted by Crippen LogP contribution is 2.33. The highest BCUT2D eigenvalue weighted by atomic mass is 32.3. The molecular formula is C23H22N4O5S2. The van der Waals surface area contributed by atoms with Crippen molar-refractivity contribution in [1.29, 1.82) is 5.41 Å². The van der Waals surface area contributed by atoms with Crippen molar-refractivity contribution >= 4 is 49.0 Å². The second-order valence-corrected chi connectivity index (χ2v) is 10.9. The average molecular weight is 499 g/mol. The van der Waals surface area contributed by atoms with Gasteiger partial charge in [-0.15, -0.1) is 5.10 Å². The summed E-state index contributed by atoms with van der Waals surface area (Å²) in [5, 5.41) is 13.5. The van der Waals surface area contributed by atoms with Crippen LogP contribution in [-0.2, 0) is 21.2 Å². The molecule has 2 aliphatic heterocycles. The third-order valence-electron chi connectivity index (χ3n) is 5.06. The van der Waals surface area contributed by atoms with Gasteiger partial charge in [0.2, 0.25) is 19.4 Å². The van der Waals surface area contributed by atoms with Gasteiger partial charge in [0.15, 0.2) is 17.3 Å². The van der Waals surface area contributed by atoms with Gasteiger partial charge in [-0.2, -0.15) is 10.0 Å². The number of rotatable bonds is 6. The van der Waals surface area contributed by atoms with Gasteiger partial charge in [-0.05, 0) is 48.0 Å². The van der Waals surface area contributed by atoms with Gasteiger partial charge in [0, 0.05) is 0 Å². The number of carbonyl (C=O) groups excluding carboxylic acids is 1. The molecule has 0 atom stereocenters. The number of hydrogen-bond donors (Lipinski definition) is 1. The normalized spacial score (nSPS) is 16.9. The first-order valence-electron chi connectivity index (χ1n) is 10.3. The number of benzene rings is 2. The van der Waals surface area contributed by atoms with Crippen LogP contribution in [0.4, 0.5) is 0 Å². The fourth-order valence-corrected chi connectivity index (χ4v) is 5.41. The smallest absolute Gasteiger partial charge is 0.283 e. The van der Waals surface area contributed by atoms with Crippen LogP contribution in [0.2, 0.25) is 0 Å². The highest BCUT2D eigenvalue weighted by molar-refractivity contribution is 8.42. The lowest BCUT2D eigenvalue weighted by molar-refractivity contribution is -0.114. The number of nitrogens with zero attached hydrogens (tertiary/aromatic N) is 3. The lowest BCUT2D eigenvalue weighted by Gasteiger charge is -2.20. The molecule has 2 aromatic rings. The summed E-state index contributed by atoms with van der Waals surface area (Å²) in [6.07, 6.45) is 1.49. The van der Waals surface area contributed by atoms with E-state index in [1.165, 1.54) is 20.1 Å². The second kappa shape index (κ2) is 9.43. The number of hydrogen-bond acceptors (Lipinski definition) is 8. The lowest BCUT2D eigenvalue weighted by Crippen LogP contribution is -2.35. The average Bonchev–Trinajstić information content (AvgIpc) is 3.26. The van der Waals surface area contributed by atoms with Crippen molar-refractivity contribution < 1.29 is 22.7 Å². The van der Waals surface area contributed by atoms with Gasteiger partial charge in [0.05, 0.1) is 18.4 Å². The molecule has 2 aromatic carbocycles. The third kappa shape index (κ3) is 4.75. The van der Waals surface area contributed by atoms with E-state index in [1.54, 1.807) is 18.2 Å². The number of aryl methyl sites for hydroxylation is 1. The number of methoxy groups -OCH3 is 1. The predicted octanol–water partition coefficient (Wildman–Crippen LogP) is 3.59. The standard InChI is InChI=1S/C23H22N4O5S2/c1-4-34(29,30)23-26-27-20(24)17(21(28)25-22(27)33-23)11-15-8-9-18(19(12-15)31-3)32-13-16-7-5-6-14(2)10-16/h5-12,24H,4,13H2,1-3H3/b17-11-,24-20?. The molecule has 0 radical (unpaired) electrons. The van der Waals surface area contributed by atoms with Crippen molar-refractivity contribution in [1.82, 2.24) is 5.01 Å². The first-order valence-corrected chi connectivity index (χ1v) is 12.8. The minimum atomic E-state index is -3.58. The third-order valence-corrected chi connectivity index (χ3v) is 8.15. The monoisotopic (exact) mass is 498 g/mol.